The Morgan fingerprint density at radius 1 is 0.923 bits per heavy atom. The van der Waals surface area contributed by atoms with Crippen molar-refractivity contribution < 1.29 is 37.5 Å². The Balaban J connectivity index is 2.47. The minimum absolute atomic E-state index is 0.0326. The third kappa shape index (κ3) is 10.9. The fourth-order valence-corrected chi connectivity index (χ4v) is 4.95. The zero-order chi connectivity index (χ0) is 29.1. The van der Waals surface area contributed by atoms with Gasteiger partial charge in [-0.05, 0) is 57.4 Å². The standard InChI is InChI=1S/C28H37N2O8P/c1-7-18-35-26(32)25(30-24(31)23(19-20(2)3)29-27(33)36-28(4,5)6)39(34,37-21-14-10-8-11-15-21)38-22-16-12-9-13-17-22/h7-17,20,23,25H,1,18-19H2,2-6H3,(H,29,33)(H,30,31)/t23-,25-/m0/s1. The van der Waals surface area contributed by atoms with E-state index in [1.807, 2.05) is 13.8 Å². The number of nitrogens with one attached hydrogen (secondary N) is 2. The number of amides is 2. The number of rotatable bonds is 13. The predicted molar refractivity (Wildman–Crippen MR) is 147 cm³/mol. The third-order valence-corrected chi connectivity index (χ3v) is 6.73. The molecule has 0 unspecified atom stereocenters. The molecule has 2 aromatic carbocycles. The van der Waals surface area contributed by atoms with Crippen LogP contribution in [-0.2, 0) is 23.6 Å². The molecule has 0 heterocycles. The molecule has 2 amide bonds. The Morgan fingerprint density at radius 2 is 1.44 bits per heavy atom. The van der Waals surface area contributed by atoms with Crippen LogP contribution in [0.3, 0.4) is 0 Å². The molecular formula is C28H37N2O8P. The topological polar surface area (TPSA) is 129 Å². The van der Waals surface area contributed by atoms with E-state index in [1.54, 1.807) is 57.2 Å². The van der Waals surface area contributed by atoms with Crippen LogP contribution in [0.15, 0.2) is 73.3 Å². The van der Waals surface area contributed by atoms with E-state index >= 15 is 0 Å². The number of ether oxygens (including phenoxy) is 2. The number of esters is 1. The largest absolute Gasteiger partial charge is 0.464 e. The molecule has 0 spiro atoms. The maximum absolute atomic E-state index is 14.3. The van der Waals surface area contributed by atoms with E-state index in [2.05, 4.69) is 17.2 Å². The summed E-state index contributed by atoms with van der Waals surface area (Å²) in [6.07, 6.45) is 0.699. The van der Waals surface area contributed by atoms with Crippen LogP contribution in [-0.4, -0.2) is 42.0 Å². The second-order valence-corrected chi connectivity index (χ2v) is 12.0. The van der Waals surface area contributed by atoms with Gasteiger partial charge in [0, 0.05) is 0 Å². The lowest BCUT2D eigenvalue weighted by Crippen LogP contribution is -2.53. The number of benzene rings is 2. The van der Waals surface area contributed by atoms with Gasteiger partial charge >= 0.3 is 19.7 Å². The van der Waals surface area contributed by atoms with Crippen LogP contribution in [0.1, 0.15) is 41.0 Å². The van der Waals surface area contributed by atoms with E-state index in [1.165, 1.54) is 30.3 Å². The Labute approximate surface area is 229 Å². The van der Waals surface area contributed by atoms with Gasteiger partial charge in [-0.15, -0.1) is 0 Å². The summed E-state index contributed by atoms with van der Waals surface area (Å²) in [7, 11) is -4.55. The Bertz CT molecular complexity index is 1100. The van der Waals surface area contributed by atoms with Crippen LogP contribution >= 0.6 is 7.60 Å². The van der Waals surface area contributed by atoms with Crippen molar-refractivity contribution >= 4 is 25.6 Å². The highest BCUT2D eigenvalue weighted by Crippen LogP contribution is 2.52. The number of para-hydroxylation sites is 2. The highest BCUT2D eigenvalue weighted by Gasteiger charge is 2.48. The fraction of sp³-hybridized carbons (Fsp3) is 0.393. The molecule has 0 aromatic heterocycles. The lowest BCUT2D eigenvalue weighted by Gasteiger charge is -2.29. The molecular weight excluding hydrogens is 523 g/mol. The summed E-state index contributed by atoms with van der Waals surface area (Å²) in [4.78, 5) is 39.1. The zero-order valence-corrected chi connectivity index (χ0v) is 23.8. The summed E-state index contributed by atoms with van der Waals surface area (Å²) in [6, 6.07) is 15.0. The van der Waals surface area contributed by atoms with Crippen molar-refractivity contribution in [1.82, 2.24) is 10.6 Å². The number of carbonyl (C=O) groups is 3. The molecule has 0 bridgehead atoms. The Morgan fingerprint density at radius 3 is 1.87 bits per heavy atom. The van der Waals surface area contributed by atoms with Gasteiger partial charge in [-0.1, -0.05) is 62.9 Å². The highest BCUT2D eigenvalue weighted by atomic mass is 31.2. The monoisotopic (exact) mass is 560 g/mol. The van der Waals surface area contributed by atoms with Gasteiger partial charge in [0.1, 0.15) is 29.7 Å². The molecule has 0 aliphatic heterocycles. The summed E-state index contributed by atoms with van der Waals surface area (Å²) >= 11 is 0. The third-order valence-electron chi connectivity index (χ3n) is 4.83. The molecule has 0 radical (unpaired) electrons. The van der Waals surface area contributed by atoms with Gasteiger partial charge < -0.3 is 29.2 Å². The smallest absolute Gasteiger partial charge is 0.459 e. The van der Waals surface area contributed by atoms with Gasteiger partial charge in [0.15, 0.2) is 0 Å². The zero-order valence-electron chi connectivity index (χ0n) is 22.9. The SMILES string of the molecule is C=CCOC(=O)[C@@H](NC(=O)[C@H](CC(C)C)NC(=O)OC(C)(C)C)P(=O)(Oc1ccccc1)Oc1ccccc1. The number of alkyl carbamates (subject to hydrolysis) is 1. The van der Waals surface area contributed by atoms with E-state index < -0.39 is 43.0 Å². The Kier molecular flexibility index (Phi) is 11.6. The van der Waals surface area contributed by atoms with E-state index in [4.69, 9.17) is 18.5 Å². The number of hydrogen-bond acceptors (Lipinski definition) is 8. The summed E-state index contributed by atoms with van der Waals surface area (Å²) in [5, 5.41) is 4.98. The summed E-state index contributed by atoms with van der Waals surface area (Å²) in [5.74, 6) is -3.52. The summed E-state index contributed by atoms with van der Waals surface area (Å²) < 4.78 is 36.3. The van der Waals surface area contributed by atoms with Crippen molar-refractivity contribution in [2.24, 2.45) is 5.92 Å². The van der Waals surface area contributed by atoms with Crippen molar-refractivity contribution in [2.45, 2.75) is 58.5 Å². The lowest BCUT2D eigenvalue weighted by molar-refractivity contribution is -0.144. The minimum atomic E-state index is -4.55. The lowest BCUT2D eigenvalue weighted by atomic mass is 10.0. The van der Waals surface area contributed by atoms with Gasteiger partial charge in [0.2, 0.25) is 5.91 Å². The van der Waals surface area contributed by atoms with Gasteiger partial charge in [0.05, 0.1) is 0 Å². The maximum Gasteiger partial charge on any atom is 0.464 e. The van der Waals surface area contributed by atoms with E-state index in [0.717, 1.165) is 0 Å². The van der Waals surface area contributed by atoms with Crippen LogP contribution in [0.4, 0.5) is 4.79 Å². The molecule has 0 aliphatic rings. The fourth-order valence-electron chi connectivity index (χ4n) is 3.26. The normalized spacial score (nSPS) is 13.0. The van der Waals surface area contributed by atoms with Crippen molar-refractivity contribution in [2.75, 3.05) is 6.61 Å². The first-order valence-electron chi connectivity index (χ1n) is 12.5. The maximum atomic E-state index is 14.3. The van der Waals surface area contributed by atoms with Crippen molar-refractivity contribution in [1.29, 1.82) is 0 Å². The Hall–Kier alpha value is -3.78. The first-order chi connectivity index (χ1) is 18.3. The molecule has 0 saturated carbocycles. The van der Waals surface area contributed by atoms with Crippen LogP contribution in [0, 0.1) is 5.92 Å². The van der Waals surface area contributed by atoms with Gasteiger partial charge in [0.25, 0.3) is 5.78 Å². The molecule has 11 heteroatoms. The van der Waals surface area contributed by atoms with Crippen LogP contribution in [0.25, 0.3) is 0 Å². The quantitative estimate of drug-likeness (QED) is 0.188. The van der Waals surface area contributed by atoms with Crippen LogP contribution < -0.4 is 19.7 Å². The average Bonchev–Trinajstić information content (AvgIpc) is 2.85. The first kappa shape index (κ1) is 31.4. The molecule has 212 valence electrons. The molecule has 2 atom stereocenters. The molecule has 0 aliphatic carbocycles. The summed E-state index contributed by atoms with van der Waals surface area (Å²) in [5.41, 5.74) is -0.803. The number of hydrogen-bond donors (Lipinski definition) is 2. The van der Waals surface area contributed by atoms with Crippen molar-refractivity contribution in [3.8, 4) is 11.5 Å². The average molecular weight is 561 g/mol. The number of carbonyl (C=O) groups excluding carboxylic acids is 3. The predicted octanol–water partition coefficient (Wildman–Crippen LogP) is 5.45. The molecule has 2 N–H and O–H groups in total. The highest BCUT2D eigenvalue weighted by molar-refractivity contribution is 7.56. The van der Waals surface area contributed by atoms with Crippen molar-refractivity contribution in [3.05, 3.63) is 73.3 Å². The first-order valence-corrected chi connectivity index (χ1v) is 14.1. The van der Waals surface area contributed by atoms with E-state index in [9.17, 15) is 18.9 Å². The minimum Gasteiger partial charge on any atom is -0.459 e. The molecule has 10 nitrogen and oxygen atoms in total. The molecule has 2 rings (SSSR count). The van der Waals surface area contributed by atoms with Gasteiger partial charge in [-0.2, -0.15) is 0 Å². The van der Waals surface area contributed by atoms with Gasteiger partial charge in [-0.3, -0.25) is 4.79 Å². The molecule has 2 aromatic rings. The van der Waals surface area contributed by atoms with E-state index in [-0.39, 0.29) is 30.4 Å². The summed E-state index contributed by atoms with van der Waals surface area (Å²) in [6.45, 7) is 12.1. The van der Waals surface area contributed by atoms with Crippen molar-refractivity contribution in [3.63, 3.8) is 0 Å². The van der Waals surface area contributed by atoms with E-state index in [0.29, 0.717) is 0 Å². The second kappa shape index (κ2) is 14.4. The molecule has 39 heavy (non-hydrogen) atoms. The second-order valence-electron chi connectivity index (χ2n) is 10.0. The van der Waals surface area contributed by atoms with Gasteiger partial charge in [-0.25, -0.2) is 14.2 Å². The molecule has 0 saturated heterocycles. The van der Waals surface area contributed by atoms with Crippen LogP contribution in [0.2, 0.25) is 0 Å². The van der Waals surface area contributed by atoms with Crippen LogP contribution in [0.5, 0.6) is 11.5 Å². The molecule has 0 fully saturated rings.